The smallest absolute Gasteiger partial charge is 0.356 e. The van der Waals surface area contributed by atoms with Gasteiger partial charge in [0.15, 0.2) is 5.70 Å². The highest BCUT2D eigenvalue weighted by atomic mass is 16.5. The van der Waals surface area contributed by atoms with Crippen LogP contribution in [0, 0.1) is 0 Å². The van der Waals surface area contributed by atoms with E-state index in [1.54, 1.807) is 0 Å². The molecule has 1 aromatic rings. The van der Waals surface area contributed by atoms with Crippen LogP contribution in [0.25, 0.3) is 0 Å². The molecular formula is C19H20N2O5. The molecule has 0 spiro atoms. The molecule has 4 rings (SSSR count). The number of nitrogens with zero attached hydrogens (tertiary/aromatic N) is 2. The van der Waals surface area contributed by atoms with Crippen LogP contribution in [-0.2, 0) is 29.4 Å². The van der Waals surface area contributed by atoms with Gasteiger partial charge in [0.1, 0.15) is 5.54 Å². The summed E-state index contributed by atoms with van der Waals surface area (Å²) in [4.78, 5) is 38.1. The lowest BCUT2D eigenvalue weighted by atomic mass is 9.74. The van der Waals surface area contributed by atoms with Crippen molar-refractivity contribution in [2.24, 2.45) is 0 Å². The second-order valence-corrected chi connectivity index (χ2v) is 6.73. The number of amides is 1. The predicted molar refractivity (Wildman–Crippen MR) is 90.1 cm³/mol. The zero-order chi connectivity index (χ0) is 18.5. The first-order valence-electron chi connectivity index (χ1n) is 8.65. The maximum Gasteiger partial charge on any atom is 0.356 e. The van der Waals surface area contributed by atoms with Crippen molar-refractivity contribution in [3.63, 3.8) is 0 Å². The zero-order valence-corrected chi connectivity index (χ0v) is 14.7. The topological polar surface area (TPSA) is 76.2 Å². The minimum atomic E-state index is -0.896. The lowest BCUT2D eigenvalue weighted by Crippen LogP contribution is -2.54. The monoisotopic (exact) mass is 356 g/mol. The first kappa shape index (κ1) is 16.8. The Hall–Kier alpha value is -2.67. The lowest BCUT2D eigenvalue weighted by Gasteiger charge is -2.46. The van der Waals surface area contributed by atoms with E-state index < -0.39 is 17.5 Å². The molecule has 2 atom stereocenters. The number of piperidine rings is 1. The number of esters is 2. The number of methoxy groups -OCH3 is 2. The van der Waals surface area contributed by atoms with Crippen molar-refractivity contribution in [3.05, 3.63) is 47.2 Å². The van der Waals surface area contributed by atoms with Crippen molar-refractivity contribution in [2.75, 3.05) is 14.2 Å². The Morgan fingerprint density at radius 1 is 1.12 bits per heavy atom. The van der Waals surface area contributed by atoms with E-state index in [0.717, 1.165) is 18.4 Å². The largest absolute Gasteiger partial charge is 0.466 e. The van der Waals surface area contributed by atoms with Crippen molar-refractivity contribution in [1.29, 1.82) is 0 Å². The molecular weight excluding hydrogens is 336 g/mol. The molecule has 0 saturated carbocycles. The molecule has 0 radical (unpaired) electrons. The van der Waals surface area contributed by atoms with Crippen LogP contribution >= 0.6 is 0 Å². The number of carbonyl (C=O) groups excluding carboxylic acids is 3. The van der Waals surface area contributed by atoms with Gasteiger partial charge >= 0.3 is 11.9 Å². The van der Waals surface area contributed by atoms with E-state index in [4.69, 9.17) is 9.47 Å². The van der Waals surface area contributed by atoms with E-state index in [-0.39, 0.29) is 23.2 Å². The normalized spacial score (nSPS) is 27.5. The average Bonchev–Trinajstić information content (AvgIpc) is 3.18. The molecule has 0 N–H and O–H groups in total. The highest BCUT2D eigenvalue weighted by molar-refractivity contribution is 6.06. The molecule has 1 amide bonds. The maximum atomic E-state index is 12.8. The molecule has 3 aliphatic heterocycles. The van der Waals surface area contributed by atoms with Crippen LogP contribution in [0.15, 0.2) is 41.6 Å². The van der Waals surface area contributed by atoms with Crippen molar-refractivity contribution in [2.45, 2.75) is 37.3 Å². The molecule has 3 heterocycles. The number of hydrogen-bond acceptors (Lipinski definition) is 6. The van der Waals surface area contributed by atoms with E-state index in [0.29, 0.717) is 12.8 Å². The quantitative estimate of drug-likeness (QED) is 0.764. The summed E-state index contributed by atoms with van der Waals surface area (Å²) >= 11 is 0. The molecule has 2 saturated heterocycles. The fourth-order valence-electron chi connectivity index (χ4n) is 4.63. The van der Waals surface area contributed by atoms with Gasteiger partial charge in [0, 0.05) is 12.5 Å². The Morgan fingerprint density at radius 2 is 1.81 bits per heavy atom. The summed E-state index contributed by atoms with van der Waals surface area (Å²) in [7, 11) is 2.53. The summed E-state index contributed by atoms with van der Waals surface area (Å²) in [5, 5.41) is 3.27. The molecule has 1 aromatic carbocycles. The molecule has 0 bridgehead atoms. The van der Waals surface area contributed by atoms with Gasteiger partial charge in [0.25, 0.3) is 0 Å². The van der Waals surface area contributed by atoms with Crippen molar-refractivity contribution >= 4 is 17.8 Å². The van der Waals surface area contributed by atoms with Gasteiger partial charge in [-0.05, 0) is 24.8 Å². The average molecular weight is 356 g/mol. The van der Waals surface area contributed by atoms with Gasteiger partial charge in [-0.3, -0.25) is 4.79 Å². The third kappa shape index (κ3) is 2.00. The summed E-state index contributed by atoms with van der Waals surface area (Å²) in [6.07, 6.45) is 2.61. The Labute approximate surface area is 151 Å². The van der Waals surface area contributed by atoms with Gasteiger partial charge in [-0.15, -0.1) is 0 Å². The summed E-state index contributed by atoms with van der Waals surface area (Å²) in [6, 6.07) is 9.46. The highest BCUT2D eigenvalue weighted by Crippen LogP contribution is 2.56. The number of hydrazine groups is 1. The molecule has 0 unspecified atom stereocenters. The molecule has 7 nitrogen and oxygen atoms in total. The van der Waals surface area contributed by atoms with Gasteiger partial charge in [-0.1, -0.05) is 30.3 Å². The predicted octanol–water partition coefficient (Wildman–Crippen LogP) is 1.50. The molecule has 0 aromatic heterocycles. The Morgan fingerprint density at radius 3 is 2.46 bits per heavy atom. The Bertz CT molecular complexity index is 818. The fraction of sp³-hybridized carbons (Fsp3) is 0.421. The van der Waals surface area contributed by atoms with Crippen LogP contribution in [0.3, 0.4) is 0 Å². The Kier molecular flexibility index (Phi) is 3.84. The minimum absolute atomic E-state index is 0.0161. The maximum absolute atomic E-state index is 12.8. The van der Waals surface area contributed by atoms with E-state index in [2.05, 4.69) is 0 Å². The highest BCUT2D eigenvalue weighted by Gasteiger charge is 2.64. The molecule has 0 aliphatic carbocycles. The zero-order valence-electron chi connectivity index (χ0n) is 14.7. The lowest BCUT2D eigenvalue weighted by molar-refractivity contribution is -0.151. The van der Waals surface area contributed by atoms with Crippen LogP contribution in [0.1, 0.15) is 31.2 Å². The fourth-order valence-corrected chi connectivity index (χ4v) is 4.63. The molecule has 2 fully saturated rings. The van der Waals surface area contributed by atoms with Crippen LogP contribution in [0.2, 0.25) is 0 Å². The third-order valence-electron chi connectivity index (χ3n) is 5.56. The molecule has 26 heavy (non-hydrogen) atoms. The van der Waals surface area contributed by atoms with E-state index in [1.165, 1.54) is 19.2 Å². The minimum Gasteiger partial charge on any atom is -0.466 e. The Balaban J connectivity index is 2.05. The standard InChI is InChI=1S/C19H20N2O5/c1-25-17(23)15-16(18(24)26-2)20-14(22)11-13-9-6-10-19(15,21(13)20)12-7-4-3-5-8-12/h3-5,7-8,13H,6,9-11H2,1-2H3/t13-,19-/m0/s1. The number of ether oxygens (including phenoxy) is 2. The van der Waals surface area contributed by atoms with Crippen molar-refractivity contribution in [3.8, 4) is 0 Å². The second-order valence-electron chi connectivity index (χ2n) is 6.73. The molecule has 3 aliphatic rings. The summed E-state index contributed by atoms with van der Waals surface area (Å²) in [5.74, 6) is -1.52. The summed E-state index contributed by atoms with van der Waals surface area (Å²) in [6.45, 7) is 0. The first-order valence-corrected chi connectivity index (χ1v) is 8.65. The second kappa shape index (κ2) is 5.95. The number of carbonyl (C=O) groups is 3. The van der Waals surface area contributed by atoms with Gasteiger partial charge in [0.05, 0.1) is 19.8 Å². The van der Waals surface area contributed by atoms with Gasteiger partial charge in [-0.2, -0.15) is 5.01 Å². The summed E-state index contributed by atoms with van der Waals surface area (Å²) in [5.41, 5.74) is 0.143. The third-order valence-corrected chi connectivity index (χ3v) is 5.56. The number of rotatable bonds is 3. The van der Waals surface area contributed by atoms with Crippen LogP contribution in [-0.4, -0.2) is 48.1 Å². The summed E-state index contributed by atoms with van der Waals surface area (Å²) < 4.78 is 9.95. The molecule has 7 heteroatoms. The first-order chi connectivity index (χ1) is 12.6. The SMILES string of the molecule is COC(=O)C1=C(C(=O)OC)[C@@]2(c3ccccc3)CCC[C@H]3CC(=O)N1N32. The van der Waals surface area contributed by atoms with E-state index in [9.17, 15) is 14.4 Å². The number of hydrogen-bond donors (Lipinski definition) is 0. The van der Waals surface area contributed by atoms with Crippen LogP contribution in [0.4, 0.5) is 0 Å². The molecule has 136 valence electrons. The van der Waals surface area contributed by atoms with Crippen molar-refractivity contribution < 1.29 is 23.9 Å². The van der Waals surface area contributed by atoms with Gasteiger partial charge in [-0.25, -0.2) is 14.6 Å². The van der Waals surface area contributed by atoms with E-state index in [1.807, 2.05) is 35.3 Å². The van der Waals surface area contributed by atoms with Gasteiger partial charge < -0.3 is 9.47 Å². The van der Waals surface area contributed by atoms with Crippen LogP contribution < -0.4 is 0 Å². The van der Waals surface area contributed by atoms with Crippen LogP contribution in [0.5, 0.6) is 0 Å². The van der Waals surface area contributed by atoms with Crippen molar-refractivity contribution in [1.82, 2.24) is 10.0 Å². The van der Waals surface area contributed by atoms with E-state index >= 15 is 0 Å². The van der Waals surface area contributed by atoms with Gasteiger partial charge in [0.2, 0.25) is 5.91 Å². The number of benzene rings is 1.